The summed E-state index contributed by atoms with van der Waals surface area (Å²) in [6, 6.07) is 6.48. The lowest BCUT2D eigenvalue weighted by molar-refractivity contribution is -0.153. The Balaban J connectivity index is 0.00000420. The third kappa shape index (κ3) is 8.67. The van der Waals surface area contributed by atoms with E-state index in [0.717, 1.165) is 5.56 Å². The number of likely N-dealkylation sites (tertiary alicyclic amines) is 1. The molecule has 0 spiro atoms. The Hall–Kier alpha value is -1.72. The number of benzene rings is 1. The van der Waals surface area contributed by atoms with Crippen molar-refractivity contribution in [1.82, 2.24) is 10.2 Å². The van der Waals surface area contributed by atoms with Gasteiger partial charge in [0.15, 0.2) is 12.6 Å². The van der Waals surface area contributed by atoms with Gasteiger partial charge < -0.3 is 19.7 Å². The van der Waals surface area contributed by atoms with E-state index < -0.39 is 12.8 Å². The maximum absolute atomic E-state index is 12.3. The number of carbonyl (C=O) groups excluding carboxylic acids is 1. The van der Waals surface area contributed by atoms with E-state index in [1.807, 2.05) is 6.92 Å². The molecule has 10 heteroatoms. The summed E-state index contributed by atoms with van der Waals surface area (Å²) in [7, 11) is 1.40. The highest BCUT2D eigenvalue weighted by atomic mass is 127. The molecule has 1 aromatic rings. The van der Waals surface area contributed by atoms with E-state index >= 15 is 0 Å². The van der Waals surface area contributed by atoms with Crippen LogP contribution < -0.4 is 10.1 Å². The lowest BCUT2D eigenvalue weighted by atomic mass is 9.97. The van der Waals surface area contributed by atoms with Crippen LogP contribution >= 0.6 is 24.0 Å². The first-order chi connectivity index (χ1) is 13.3. The minimum atomic E-state index is -4.37. The molecular formula is C19H27F3IN3O3. The number of hydrogen-bond acceptors (Lipinski definition) is 4. The minimum Gasteiger partial charge on any atom is -0.484 e. The zero-order valence-electron chi connectivity index (χ0n) is 16.5. The Morgan fingerprint density at radius 1 is 1.31 bits per heavy atom. The van der Waals surface area contributed by atoms with Crippen LogP contribution in [0.4, 0.5) is 13.2 Å². The summed E-state index contributed by atoms with van der Waals surface area (Å²) in [5.74, 6) is 0.602. The molecule has 2 rings (SSSR count). The molecule has 1 heterocycles. The van der Waals surface area contributed by atoms with Crippen LogP contribution in [0, 0.1) is 5.92 Å². The van der Waals surface area contributed by atoms with Crippen LogP contribution in [0.1, 0.15) is 25.3 Å². The molecule has 6 nitrogen and oxygen atoms in total. The van der Waals surface area contributed by atoms with Gasteiger partial charge in [-0.3, -0.25) is 4.79 Å². The van der Waals surface area contributed by atoms with E-state index in [9.17, 15) is 18.0 Å². The fraction of sp³-hybridized carbons (Fsp3) is 0.579. The number of aliphatic imine (C=N–C) groups is 1. The van der Waals surface area contributed by atoms with E-state index in [-0.39, 0.29) is 41.6 Å². The van der Waals surface area contributed by atoms with Crippen molar-refractivity contribution in [3.8, 4) is 5.75 Å². The van der Waals surface area contributed by atoms with Gasteiger partial charge in [-0.15, -0.1) is 24.0 Å². The summed E-state index contributed by atoms with van der Waals surface area (Å²) in [6.07, 6.45) is -2.99. The number of esters is 1. The molecular weight excluding hydrogens is 502 g/mol. The average Bonchev–Trinajstić information content (AvgIpc) is 2.69. The van der Waals surface area contributed by atoms with Crippen molar-refractivity contribution in [2.75, 3.05) is 33.4 Å². The smallest absolute Gasteiger partial charge is 0.422 e. The fourth-order valence-corrected chi connectivity index (χ4v) is 2.98. The molecule has 1 aliphatic rings. The summed E-state index contributed by atoms with van der Waals surface area (Å²) < 4.78 is 46.5. The van der Waals surface area contributed by atoms with Gasteiger partial charge in [0.25, 0.3) is 0 Å². The predicted octanol–water partition coefficient (Wildman–Crippen LogP) is 3.60. The molecule has 0 atom stereocenters. The quantitative estimate of drug-likeness (QED) is 0.264. The predicted molar refractivity (Wildman–Crippen MR) is 115 cm³/mol. The lowest BCUT2D eigenvalue weighted by Gasteiger charge is -2.33. The summed E-state index contributed by atoms with van der Waals surface area (Å²) in [5, 5.41) is 3.22. The van der Waals surface area contributed by atoms with E-state index in [0.29, 0.717) is 45.0 Å². The van der Waals surface area contributed by atoms with Gasteiger partial charge >= 0.3 is 12.1 Å². The van der Waals surface area contributed by atoms with Gasteiger partial charge in [0, 0.05) is 19.6 Å². The standard InChI is InChI=1S/C19H26F3N3O3.HI/c1-3-23-18(25-9-7-15(8-10-25)17(26)27-2)24-12-14-5-4-6-16(11-14)28-13-19(20,21)22;/h4-6,11,15H,3,7-10,12-13H2,1-2H3,(H,23,24);1H. The molecule has 1 N–H and O–H groups in total. The second kappa shape index (κ2) is 12.1. The van der Waals surface area contributed by atoms with Gasteiger partial charge in [0.2, 0.25) is 0 Å². The first kappa shape index (κ1) is 25.3. The Labute approximate surface area is 185 Å². The van der Waals surface area contributed by atoms with Crippen molar-refractivity contribution in [2.24, 2.45) is 10.9 Å². The molecule has 164 valence electrons. The summed E-state index contributed by atoms with van der Waals surface area (Å²) in [4.78, 5) is 18.3. The molecule has 29 heavy (non-hydrogen) atoms. The molecule has 0 aliphatic carbocycles. The molecule has 0 radical (unpaired) electrons. The number of piperidine rings is 1. The number of halogens is 4. The molecule has 1 saturated heterocycles. The van der Waals surface area contributed by atoms with Gasteiger partial charge in [0.05, 0.1) is 19.6 Å². The zero-order valence-corrected chi connectivity index (χ0v) is 18.8. The monoisotopic (exact) mass is 529 g/mol. The average molecular weight is 529 g/mol. The third-order valence-corrected chi connectivity index (χ3v) is 4.38. The van der Waals surface area contributed by atoms with Crippen molar-refractivity contribution in [3.63, 3.8) is 0 Å². The largest absolute Gasteiger partial charge is 0.484 e. The van der Waals surface area contributed by atoms with Crippen molar-refractivity contribution < 1.29 is 27.4 Å². The van der Waals surface area contributed by atoms with E-state index in [1.165, 1.54) is 13.2 Å². The van der Waals surface area contributed by atoms with Crippen LogP contribution in [0.2, 0.25) is 0 Å². The summed E-state index contributed by atoms with van der Waals surface area (Å²) >= 11 is 0. The maximum Gasteiger partial charge on any atom is 0.422 e. The first-order valence-corrected chi connectivity index (χ1v) is 9.22. The second-order valence-electron chi connectivity index (χ2n) is 6.51. The summed E-state index contributed by atoms with van der Waals surface area (Å²) in [5.41, 5.74) is 0.750. The molecule has 1 fully saturated rings. The normalized spacial score (nSPS) is 15.5. The van der Waals surface area contributed by atoms with Crippen LogP contribution in [0.15, 0.2) is 29.3 Å². The number of hydrogen-bond donors (Lipinski definition) is 1. The molecule has 0 bridgehead atoms. The van der Waals surface area contributed by atoms with Gasteiger partial charge in [-0.05, 0) is 37.5 Å². The Kier molecular flexibility index (Phi) is 10.5. The van der Waals surface area contributed by atoms with Gasteiger partial charge in [-0.1, -0.05) is 12.1 Å². The van der Waals surface area contributed by atoms with Crippen molar-refractivity contribution in [3.05, 3.63) is 29.8 Å². The highest BCUT2D eigenvalue weighted by molar-refractivity contribution is 14.0. The highest BCUT2D eigenvalue weighted by Crippen LogP contribution is 2.21. The SMILES string of the molecule is CCNC(=NCc1cccc(OCC(F)(F)F)c1)N1CCC(C(=O)OC)CC1.I. The molecule has 0 saturated carbocycles. The first-order valence-electron chi connectivity index (χ1n) is 9.22. The number of methoxy groups -OCH3 is 1. The van der Waals surface area contributed by atoms with Gasteiger partial charge in [-0.2, -0.15) is 13.2 Å². The van der Waals surface area contributed by atoms with Crippen molar-refractivity contribution in [1.29, 1.82) is 0 Å². The van der Waals surface area contributed by atoms with E-state index in [4.69, 9.17) is 9.47 Å². The number of guanidine groups is 1. The second-order valence-corrected chi connectivity index (χ2v) is 6.51. The summed E-state index contributed by atoms with van der Waals surface area (Å²) in [6.45, 7) is 2.99. The number of ether oxygens (including phenoxy) is 2. The number of alkyl halides is 3. The topological polar surface area (TPSA) is 63.2 Å². The maximum atomic E-state index is 12.3. The lowest BCUT2D eigenvalue weighted by Crippen LogP contribution is -2.46. The number of nitrogens with one attached hydrogen (secondary N) is 1. The minimum absolute atomic E-state index is 0. The number of carbonyl (C=O) groups is 1. The van der Waals surface area contributed by atoms with Crippen LogP contribution in [0.25, 0.3) is 0 Å². The number of rotatable bonds is 6. The molecule has 1 aromatic carbocycles. The van der Waals surface area contributed by atoms with E-state index in [1.54, 1.807) is 18.2 Å². The fourth-order valence-electron chi connectivity index (χ4n) is 2.98. The van der Waals surface area contributed by atoms with Crippen LogP contribution in [-0.4, -0.2) is 56.4 Å². The molecule has 0 amide bonds. The Bertz CT molecular complexity index is 678. The van der Waals surface area contributed by atoms with Crippen molar-refractivity contribution in [2.45, 2.75) is 32.5 Å². The molecule has 0 aromatic heterocycles. The Morgan fingerprint density at radius 3 is 2.59 bits per heavy atom. The van der Waals surface area contributed by atoms with Crippen molar-refractivity contribution >= 4 is 35.9 Å². The Morgan fingerprint density at radius 2 is 2.00 bits per heavy atom. The molecule has 0 unspecified atom stereocenters. The molecule has 1 aliphatic heterocycles. The van der Waals surface area contributed by atoms with Crippen LogP contribution in [-0.2, 0) is 16.1 Å². The van der Waals surface area contributed by atoms with Gasteiger partial charge in [-0.25, -0.2) is 4.99 Å². The van der Waals surface area contributed by atoms with Crippen LogP contribution in [0.5, 0.6) is 5.75 Å². The third-order valence-electron chi connectivity index (χ3n) is 4.38. The zero-order chi connectivity index (χ0) is 20.6. The van der Waals surface area contributed by atoms with Gasteiger partial charge in [0.1, 0.15) is 5.75 Å². The highest BCUT2D eigenvalue weighted by Gasteiger charge is 2.28. The number of nitrogens with zero attached hydrogens (tertiary/aromatic N) is 2. The van der Waals surface area contributed by atoms with Crippen LogP contribution in [0.3, 0.4) is 0 Å². The van der Waals surface area contributed by atoms with E-state index in [2.05, 4.69) is 15.2 Å².